The Hall–Kier alpha value is -1.72. The van der Waals surface area contributed by atoms with E-state index in [1.165, 1.54) is 29.3 Å². The maximum absolute atomic E-state index is 13.5. The third-order valence-electron chi connectivity index (χ3n) is 2.89. The fourth-order valence-electron chi connectivity index (χ4n) is 1.74. The molecule has 2 rings (SSSR count). The summed E-state index contributed by atoms with van der Waals surface area (Å²) in [5, 5.41) is 16.1. The number of hydrogen-bond acceptors (Lipinski definition) is 3. The van der Waals surface area contributed by atoms with E-state index in [2.05, 4.69) is 10.7 Å². The lowest BCUT2D eigenvalue weighted by molar-refractivity contribution is 0.0696. The van der Waals surface area contributed by atoms with Gasteiger partial charge in [0.25, 0.3) is 0 Å². The average molecular weight is 279 g/mol. The third kappa shape index (κ3) is 3.39. The van der Waals surface area contributed by atoms with Gasteiger partial charge in [0.2, 0.25) is 0 Å². The fraction of sp³-hybridized carbons (Fsp3) is 0.214. The van der Waals surface area contributed by atoms with Crippen molar-refractivity contribution in [2.75, 3.05) is 0 Å². The molecule has 0 spiro atoms. The van der Waals surface area contributed by atoms with E-state index >= 15 is 0 Å². The zero-order chi connectivity index (χ0) is 13.8. The summed E-state index contributed by atoms with van der Waals surface area (Å²) in [5.41, 5.74) is 2.86. The van der Waals surface area contributed by atoms with Crippen LogP contribution in [-0.4, -0.2) is 11.1 Å². The van der Waals surface area contributed by atoms with Gasteiger partial charge >= 0.3 is 5.97 Å². The second-order valence-corrected chi connectivity index (χ2v) is 5.04. The number of carbonyl (C=O) groups is 1. The average Bonchev–Trinajstić information content (AvgIpc) is 2.77. The van der Waals surface area contributed by atoms with Crippen molar-refractivity contribution in [1.29, 1.82) is 0 Å². The highest BCUT2D eigenvalue weighted by atomic mass is 32.1. The first kappa shape index (κ1) is 13.7. The van der Waals surface area contributed by atoms with Crippen molar-refractivity contribution in [3.05, 3.63) is 57.0 Å². The summed E-state index contributed by atoms with van der Waals surface area (Å²) in [6.45, 7) is 2.98. The molecule has 1 aromatic heterocycles. The van der Waals surface area contributed by atoms with Gasteiger partial charge in [-0.05, 0) is 47.0 Å². The Bertz CT molecular complexity index is 595. The Kier molecular flexibility index (Phi) is 4.29. The number of aryl methyl sites for hydroxylation is 1. The second kappa shape index (κ2) is 5.95. The van der Waals surface area contributed by atoms with Crippen molar-refractivity contribution >= 4 is 17.3 Å². The molecule has 0 saturated heterocycles. The number of halogens is 1. The maximum atomic E-state index is 13.5. The fourth-order valence-corrected chi connectivity index (χ4v) is 2.60. The molecule has 0 saturated carbocycles. The van der Waals surface area contributed by atoms with E-state index in [9.17, 15) is 9.18 Å². The molecule has 2 aromatic rings. The van der Waals surface area contributed by atoms with Gasteiger partial charge in [-0.25, -0.2) is 9.18 Å². The van der Waals surface area contributed by atoms with Crippen LogP contribution in [0, 0.1) is 12.7 Å². The van der Waals surface area contributed by atoms with Crippen LogP contribution in [-0.2, 0) is 13.1 Å². The molecule has 0 radical (unpaired) electrons. The van der Waals surface area contributed by atoms with Crippen LogP contribution >= 0.6 is 11.3 Å². The summed E-state index contributed by atoms with van der Waals surface area (Å²) in [5.74, 6) is -1.44. The standard InChI is InChI=1S/C14H14FNO2S/c1-9-7-19-8-12(9)6-16-5-11-4-10(14(17)18)2-3-13(11)15/h2-4,7-8,16H,5-6H2,1H3,(H,17,18). The van der Waals surface area contributed by atoms with Gasteiger partial charge in [0.05, 0.1) is 5.56 Å². The van der Waals surface area contributed by atoms with Gasteiger partial charge in [-0.2, -0.15) is 11.3 Å². The molecule has 0 aliphatic heterocycles. The molecule has 0 unspecified atom stereocenters. The van der Waals surface area contributed by atoms with Crippen LogP contribution < -0.4 is 5.32 Å². The number of thiophene rings is 1. The molecule has 3 nitrogen and oxygen atoms in total. The molecule has 0 fully saturated rings. The minimum atomic E-state index is -1.05. The molecule has 1 heterocycles. The van der Waals surface area contributed by atoms with E-state index in [4.69, 9.17) is 5.11 Å². The summed E-state index contributed by atoms with van der Waals surface area (Å²) in [6.07, 6.45) is 0. The number of carboxylic acid groups (broad SMARTS) is 1. The Morgan fingerprint density at radius 2 is 2.05 bits per heavy atom. The largest absolute Gasteiger partial charge is 0.478 e. The van der Waals surface area contributed by atoms with E-state index in [-0.39, 0.29) is 11.4 Å². The Labute approximate surface area is 114 Å². The van der Waals surface area contributed by atoms with Crippen molar-refractivity contribution in [2.24, 2.45) is 0 Å². The van der Waals surface area contributed by atoms with Crippen molar-refractivity contribution in [1.82, 2.24) is 5.32 Å². The predicted molar refractivity (Wildman–Crippen MR) is 73.0 cm³/mol. The van der Waals surface area contributed by atoms with Gasteiger partial charge in [-0.1, -0.05) is 0 Å². The first-order chi connectivity index (χ1) is 9.08. The minimum Gasteiger partial charge on any atom is -0.478 e. The van der Waals surface area contributed by atoms with E-state index in [1.54, 1.807) is 11.3 Å². The summed E-state index contributed by atoms with van der Waals surface area (Å²) in [4.78, 5) is 10.8. The topological polar surface area (TPSA) is 49.3 Å². The molecular formula is C14H14FNO2S. The minimum absolute atomic E-state index is 0.102. The zero-order valence-electron chi connectivity index (χ0n) is 10.4. The van der Waals surface area contributed by atoms with Crippen molar-refractivity contribution in [2.45, 2.75) is 20.0 Å². The summed E-state index contributed by atoms with van der Waals surface area (Å²) in [7, 11) is 0. The quantitative estimate of drug-likeness (QED) is 0.883. The summed E-state index contributed by atoms with van der Waals surface area (Å²) >= 11 is 1.63. The molecule has 0 bridgehead atoms. The Balaban J connectivity index is 2.01. The van der Waals surface area contributed by atoms with Crippen LogP contribution in [0.15, 0.2) is 29.0 Å². The number of nitrogens with one attached hydrogen (secondary N) is 1. The maximum Gasteiger partial charge on any atom is 0.335 e. The van der Waals surface area contributed by atoms with Crippen LogP contribution in [0.5, 0.6) is 0 Å². The zero-order valence-corrected chi connectivity index (χ0v) is 11.3. The summed E-state index contributed by atoms with van der Waals surface area (Å²) in [6, 6.07) is 3.83. The normalized spacial score (nSPS) is 10.6. The highest BCUT2D eigenvalue weighted by Crippen LogP contribution is 2.14. The SMILES string of the molecule is Cc1cscc1CNCc1cc(C(=O)O)ccc1F. The monoisotopic (exact) mass is 279 g/mol. The molecule has 0 aliphatic carbocycles. The van der Waals surface area contributed by atoms with Gasteiger partial charge in [-0.3, -0.25) is 0 Å². The van der Waals surface area contributed by atoms with E-state index < -0.39 is 5.97 Å². The molecular weight excluding hydrogens is 265 g/mol. The van der Waals surface area contributed by atoms with Gasteiger partial charge in [0.1, 0.15) is 5.82 Å². The van der Waals surface area contributed by atoms with E-state index in [0.717, 1.165) is 0 Å². The lowest BCUT2D eigenvalue weighted by atomic mass is 10.1. The summed E-state index contributed by atoms with van der Waals surface area (Å²) < 4.78 is 13.5. The van der Waals surface area contributed by atoms with Gasteiger partial charge in [0, 0.05) is 18.7 Å². The molecule has 0 aliphatic rings. The predicted octanol–water partition coefficient (Wildman–Crippen LogP) is 3.18. The second-order valence-electron chi connectivity index (χ2n) is 4.29. The van der Waals surface area contributed by atoms with Crippen LogP contribution in [0.3, 0.4) is 0 Å². The van der Waals surface area contributed by atoms with Crippen molar-refractivity contribution in [3.8, 4) is 0 Å². The van der Waals surface area contributed by atoms with Crippen molar-refractivity contribution in [3.63, 3.8) is 0 Å². The van der Waals surface area contributed by atoms with Crippen LogP contribution in [0.25, 0.3) is 0 Å². The number of aromatic carboxylic acids is 1. The van der Waals surface area contributed by atoms with Gasteiger partial charge in [-0.15, -0.1) is 0 Å². The lowest BCUT2D eigenvalue weighted by Crippen LogP contribution is -2.14. The van der Waals surface area contributed by atoms with Crippen LogP contribution in [0.1, 0.15) is 27.0 Å². The highest BCUT2D eigenvalue weighted by Gasteiger charge is 2.08. The number of rotatable bonds is 5. The Morgan fingerprint density at radius 1 is 1.32 bits per heavy atom. The van der Waals surface area contributed by atoms with E-state index in [0.29, 0.717) is 18.7 Å². The van der Waals surface area contributed by atoms with Crippen LogP contribution in [0.2, 0.25) is 0 Å². The number of benzene rings is 1. The Morgan fingerprint density at radius 3 is 2.68 bits per heavy atom. The number of carboxylic acids is 1. The lowest BCUT2D eigenvalue weighted by Gasteiger charge is -2.07. The number of hydrogen-bond donors (Lipinski definition) is 2. The first-order valence-corrected chi connectivity index (χ1v) is 6.76. The highest BCUT2D eigenvalue weighted by molar-refractivity contribution is 7.08. The molecule has 5 heteroatoms. The third-order valence-corrected chi connectivity index (χ3v) is 3.80. The molecule has 0 amide bonds. The molecule has 19 heavy (non-hydrogen) atoms. The van der Waals surface area contributed by atoms with Gasteiger partial charge < -0.3 is 10.4 Å². The molecule has 0 atom stereocenters. The van der Waals surface area contributed by atoms with E-state index in [1.807, 2.05) is 12.3 Å². The molecule has 1 aromatic carbocycles. The van der Waals surface area contributed by atoms with Crippen LogP contribution in [0.4, 0.5) is 4.39 Å². The van der Waals surface area contributed by atoms with Gasteiger partial charge in [0.15, 0.2) is 0 Å². The smallest absolute Gasteiger partial charge is 0.335 e. The van der Waals surface area contributed by atoms with Crippen molar-refractivity contribution < 1.29 is 14.3 Å². The molecule has 100 valence electrons. The molecule has 2 N–H and O–H groups in total. The first-order valence-electron chi connectivity index (χ1n) is 5.82.